The molecule has 0 saturated heterocycles. The molecular formula is C23H28N6. The number of benzene rings is 1. The lowest BCUT2D eigenvalue weighted by atomic mass is 9.87. The van der Waals surface area contributed by atoms with Gasteiger partial charge >= 0.3 is 0 Å². The van der Waals surface area contributed by atoms with E-state index in [2.05, 4.69) is 55.0 Å². The van der Waals surface area contributed by atoms with E-state index in [0.29, 0.717) is 22.8 Å². The number of hydrogen-bond acceptors (Lipinski definition) is 5. The highest BCUT2D eigenvalue weighted by Gasteiger charge is 2.19. The summed E-state index contributed by atoms with van der Waals surface area (Å²) in [5, 5.41) is 0. The van der Waals surface area contributed by atoms with Crippen LogP contribution in [0.3, 0.4) is 0 Å². The molecule has 0 spiro atoms. The van der Waals surface area contributed by atoms with E-state index in [9.17, 15) is 0 Å². The molecule has 4 N–H and O–H groups in total. The maximum Gasteiger partial charge on any atom is 0.165 e. The Morgan fingerprint density at radius 3 is 2.24 bits per heavy atom. The van der Waals surface area contributed by atoms with Crippen molar-refractivity contribution in [1.29, 1.82) is 0 Å². The summed E-state index contributed by atoms with van der Waals surface area (Å²) in [7, 11) is 0. The van der Waals surface area contributed by atoms with Crippen LogP contribution in [-0.4, -0.2) is 19.5 Å². The first-order chi connectivity index (χ1) is 13.8. The summed E-state index contributed by atoms with van der Waals surface area (Å²) in [6.07, 6.45) is 3.31. The van der Waals surface area contributed by atoms with Gasteiger partial charge in [-0.1, -0.05) is 46.8 Å². The molecule has 0 aliphatic rings. The largest absolute Gasteiger partial charge is 0.397 e. The maximum atomic E-state index is 6.12. The molecule has 1 aromatic carbocycles. The summed E-state index contributed by atoms with van der Waals surface area (Å²) in [4.78, 5) is 13.5. The number of aromatic nitrogens is 4. The SMILES string of the molecule is CC.CC(C)(C)c1ccc(-n2c(-c3cccnc3N)nc3cc(N)cnc32)cc1. The molecule has 0 fully saturated rings. The van der Waals surface area contributed by atoms with Gasteiger partial charge in [-0.15, -0.1) is 0 Å². The molecule has 150 valence electrons. The van der Waals surface area contributed by atoms with E-state index in [1.807, 2.05) is 36.6 Å². The summed E-state index contributed by atoms with van der Waals surface area (Å²) < 4.78 is 1.99. The first-order valence-corrected chi connectivity index (χ1v) is 9.80. The first kappa shape index (κ1) is 20.3. The van der Waals surface area contributed by atoms with Gasteiger partial charge in [0.2, 0.25) is 0 Å². The number of fused-ring (bicyclic) bond motifs is 1. The van der Waals surface area contributed by atoms with Crippen molar-refractivity contribution < 1.29 is 0 Å². The van der Waals surface area contributed by atoms with Crippen molar-refractivity contribution in [3.8, 4) is 17.1 Å². The highest BCUT2D eigenvalue weighted by Crippen LogP contribution is 2.31. The first-order valence-electron chi connectivity index (χ1n) is 9.80. The molecule has 0 unspecified atom stereocenters. The number of pyridine rings is 2. The van der Waals surface area contributed by atoms with Crippen molar-refractivity contribution in [3.63, 3.8) is 0 Å². The topological polar surface area (TPSA) is 95.6 Å². The number of nitrogens with two attached hydrogens (primary N) is 2. The average Bonchev–Trinajstić information content (AvgIpc) is 3.07. The van der Waals surface area contributed by atoms with Gasteiger partial charge in [0.25, 0.3) is 0 Å². The number of nitrogen functional groups attached to an aromatic ring is 2. The van der Waals surface area contributed by atoms with Crippen LogP contribution in [0, 0.1) is 0 Å². The van der Waals surface area contributed by atoms with E-state index in [1.54, 1.807) is 12.4 Å². The second kappa shape index (κ2) is 7.91. The van der Waals surface area contributed by atoms with Gasteiger partial charge in [0.15, 0.2) is 11.5 Å². The van der Waals surface area contributed by atoms with Crippen LogP contribution in [0.15, 0.2) is 54.9 Å². The van der Waals surface area contributed by atoms with Crippen LogP contribution >= 0.6 is 0 Å². The van der Waals surface area contributed by atoms with Crippen molar-refractivity contribution in [2.45, 2.75) is 40.0 Å². The molecular weight excluding hydrogens is 360 g/mol. The van der Waals surface area contributed by atoms with Crippen LogP contribution in [-0.2, 0) is 5.41 Å². The van der Waals surface area contributed by atoms with E-state index in [-0.39, 0.29) is 5.41 Å². The Labute approximate surface area is 171 Å². The van der Waals surface area contributed by atoms with Crippen LogP contribution in [0.25, 0.3) is 28.2 Å². The monoisotopic (exact) mass is 388 g/mol. The Morgan fingerprint density at radius 2 is 1.62 bits per heavy atom. The van der Waals surface area contributed by atoms with Gasteiger partial charge in [-0.3, -0.25) is 4.57 Å². The second-order valence-electron chi connectivity index (χ2n) is 7.62. The van der Waals surface area contributed by atoms with Gasteiger partial charge in [-0.05, 0) is 41.3 Å². The molecule has 0 saturated carbocycles. The van der Waals surface area contributed by atoms with E-state index >= 15 is 0 Å². The van der Waals surface area contributed by atoms with Crippen molar-refractivity contribution in [2.75, 3.05) is 11.5 Å². The number of rotatable bonds is 2. The number of imidazole rings is 1. The van der Waals surface area contributed by atoms with Crippen LogP contribution in [0.1, 0.15) is 40.2 Å². The second-order valence-corrected chi connectivity index (χ2v) is 7.62. The zero-order valence-electron chi connectivity index (χ0n) is 17.6. The third-order valence-corrected chi connectivity index (χ3v) is 4.59. The number of nitrogens with zero attached hydrogens (tertiary/aromatic N) is 4. The molecule has 0 aliphatic heterocycles. The summed E-state index contributed by atoms with van der Waals surface area (Å²) in [6.45, 7) is 10.6. The molecule has 0 amide bonds. The lowest BCUT2D eigenvalue weighted by Crippen LogP contribution is -2.11. The molecule has 3 heterocycles. The maximum absolute atomic E-state index is 6.12. The Balaban J connectivity index is 0.00000117. The minimum atomic E-state index is 0.0822. The highest BCUT2D eigenvalue weighted by molar-refractivity contribution is 5.84. The molecule has 4 rings (SSSR count). The molecule has 0 radical (unpaired) electrons. The van der Waals surface area contributed by atoms with Crippen LogP contribution < -0.4 is 11.5 Å². The molecule has 3 aromatic heterocycles. The molecule has 29 heavy (non-hydrogen) atoms. The predicted octanol–water partition coefficient (Wildman–Crippen LogP) is 4.97. The summed E-state index contributed by atoms with van der Waals surface area (Å²) >= 11 is 0. The van der Waals surface area contributed by atoms with Crippen LogP contribution in [0.2, 0.25) is 0 Å². The fourth-order valence-electron chi connectivity index (χ4n) is 3.12. The van der Waals surface area contributed by atoms with Gasteiger partial charge in [-0.2, -0.15) is 0 Å². The van der Waals surface area contributed by atoms with Gasteiger partial charge in [0.1, 0.15) is 11.3 Å². The third kappa shape index (κ3) is 3.92. The standard InChI is InChI=1S/C21H22N6.C2H6/c1-21(2,3)13-6-8-15(9-7-13)27-19(16-5-4-10-24-18(16)23)26-17-11-14(22)12-25-20(17)27;1-2/h4-12H,22H2,1-3H3,(H2,23,24);1-2H3. The van der Waals surface area contributed by atoms with Gasteiger partial charge in [0, 0.05) is 11.9 Å². The normalized spacial score (nSPS) is 11.2. The van der Waals surface area contributed by atoms with Crippen molar-refractivity contribution in [3.05, 3.63) is 60.4 Å². The lowest BCUT2D eigenvalue weighted by molar-refractivity contribution is 0.590. The summed E-state index contributed by atoms with van der Waals surface area (Å²) in [5.41, 5.74) is 17.1. The Bertz CT molecular complexity index is 1120. The third-order valence-electron chi connectivity index (χ3n) is 4.59. The highest BCUT2D eigenvalue weighted by atomic mass is 15.1. The summed E-state index contributed by atoms with van der Waals surface area (Å²) in [6, 6.07) is 14.0. The fourth-order valence-corrected chi connectivity index (χ4v) is 3.12. The van der Waals surface area contributed by atoms with Crippen molar-refractivity contribution in [2.24, 2.45) is 0 Å². The quantitative estimate of drug-likeness (QED) is 0.505. The van der Waals surface area contributed by atoms with E-state index in [1.165, 1.54) is 5.56 Å². The zero-order chi connectivity index (χ0) is 21.2. The molecule has 6 heteroatoms. The van der Waals surface area contributed by atoms with Crippen LogP contribution in [0.4, 0.5) is 11.5 Å². The Morgan fingerprint density at radius 1 is 0.931 bits per heavy atom. The zero-order valence-corrected chi connectivity index (χ0v) is 17.6. The van der Waals surface area contributed by atoms with E-state index in [4.69, 9.17) is 16.5 Å². The summed E-state index contributed by atoms with van der Waals surface area (Å²) in [5.74, 6) is 1.12. The molecule has 4 aromatic rings. The molecule has 6 nitrogen and oxygen atoms in total. The Kier molecular flexibility index (Phi) is 5.55. The smallest absolute Gasteiger partial charge is 0.165 e. The van der Waals surface area contributed by atoms with E-state index < -0.39 is 0 Å². The van der Waals surface area contributed by atoms with Gasteiger partial charge in [-0.25, -0.2) is 15.0 Å². The molecule has 0 bridgehead atoms. The van der Waals surface area contributed by atoms with E-state index in [0.717, 1.165) is 16.9 Å². The van der Waals surface area contributed by atoms with Gasteiger partial charge in [0.05, 0.1) is 17.4 Å². The number of hydrogen-bond donors (Lipinski definition) is 2. The fraction of sp³-hybridized carbons (Fsp3) is 0.261. The van der Waals surface area contributed by atoms with Crippen molar-refractivity contribution in [1.82, 2.24) is 19.5 Å². The molecule has 0 aliphatic carbocycles. The Hall–Kier alpha value is -3.41. The van der Waals surface area contributed by atoms with Crippen molar-refractivity contribution >= 4 is 22.7 Å². The minimum Gasteiger partial charge on any atom is -0.397 e. The average molecular weight is 389 g/mol. The minimum absolute atomic E-state index is 0.0822. The molecule has 0 atom stereocenters. The number of anilines is 2. The lowest BCUT2D eigenvalue weighted by Gasteiger charge is -2.19. The van der Waals surface area contributed by atoms with Crippen LogP contribution in [0.5, 0.6) is 0 Å². The van der Waals surface area contributed by atoms with Gasteiger partial charge < -0.3 is 11.5 Å². The predicted molar refractivity (Wildman–Crippen MR) is 121 cm³/mol.